The second kappa shape index (κ2) is 7.73. The zero-order chi connectivity index (χ0) is 20.5. The Morgan fingerprint density at radius 3 is 2.46 bits per heavy atom. The molecule has 0 saturated carbocycles. The number of benzene rings is 2. The minimum Gasteiger partial charge on any atom is -0.478 e. The fourth-order valence-electron chi connectivity index (χ4n) is 2.67. The number of carboxylic acid groups (broad SMARTS) is 1. The molecule has 148 valence electrons. The van der Waals surface area contributed by atoms with E-state index in [2.05, 4.69) is 0 Å². The molecule has 2 aromatic carbocycles. The van der Waals surface area contributed by atoms with Crippen molar-refractivity contribution in [2.45, 2.75) is 18.7 Å². The summed E-state index contributed by atoms with van der Waals surface area (Å²) in [6, 6.07) is 9.19. The van der Waals surface area contributed by atoms with E-state index in [0.717, 1.165) is 11.6 Å². The SMILES string of the molecule is O=C(O)C1=Cc2cc(Cl)c(Oc3ccc(CCO)cc3)cc2OC1C(F)(F)F. The van der Waals surface area contributed by atoms with E-state index in [1.54, 1.807) is 24.3 Å². The predicted molar refractivity (Wildman–Crippen MR) is 94.8 cm³/mol. The number of carboxylic acids is 1. The van der Waals surface area contributed by atoms with Crippen LogP contribution in [0.1, 0.15) is 11.1 Å². The van der Waals surface area contributed by atoms with Gasteiger partial charge >= 0.3 is 12.1 Å². The Bertz CT molecular complexity index is 922. The minimum atomic E-state index is -4.90. The molecule has 2 aromatic rings. The highest BCUT2D eigenvalue weighted by molar-refractivity contribution is 6.32. The number of carbonyl (C=O) groups is 1. The molecule has 9 heteroatoms. The van der Waals surface area contributed by atoms with Crippen LogP contribution in [0.25, 0.3) is 6.08 Å². The largest absolute Gasteiger partial charge is 0.478 e. The van der Waals surface area contributed by atoms with Crippen molar-refractivity contribution in [2.75, 3.05) is 6.61 Å². The van der Waals surface area contributed by atoms with Crippen molar-refractivity contribution in [3.63, 3.8) is 0 Å². The lowest BCUT2D eigenvalue weighted by atomic mass is 10.0. The fourth-order valence-corrected chi connectivity index (χ4v) is 2.88. The quantitative estimate of drug-likeness (QED) is 0.755. The molecule has 1 heterocycles. The molecular weight excluding hydrogens is 401 g/mol. The second-order valence-corrected chi connectivity index (χ2v) is 6.39. The van der Waals surface area contributed by atoms with Gasteiger partial charge in [-0.25, -0.2) is 4.79 Å². The van der Waals surface area contributed by atoms with E-state index in [1.807, 2.05) is 0 Å². The summed E-state index contributed by atoms with van der Waals surface area (Å²) < 4.78 is 50.0. The van der Waals surface area contributed by atoms with Gasteiger partial charge in [-0.1, -0.05) is 23.7 Å². The lowest BCUT2D eigenvalue weighted by molar-refractivity contribution is -0.187. The topological polar surface area (TPSA) is 76.0 Å². The summed E-state index contributed by atoms with van der Waals surface area (Å²) in [7, 11) is 0. The van der Waals surface area contributed by atoms with E-state index in [-0.39, 0.29) is 28.7 Å². The summed E-state index contributed by atoms with van der Waals surface area (Å²) in [5, 5.41) is 18.1. The van der Waals surface area contributed by atoms with Crippen molar-refractivity contribution in [1.82, 2.24) is 0 Å². The van der Waals surface area contributed by atoms with Crippen LogP contribution in [-0.2, 0) is 11.2 Å². The van der Waals surface area contributed by atoms with Crippen LogP contribution in [0.3, 0.4) is 0 Å². The smallest absolute Gasteiger partial charge is 0.430 e. The molecule has 0 aliphatic carbocycles. The van der Waals surface area contributed by atoms with E-state index in [1.165, 1.54) is 12.1 Å². The number of ether oxygens (including phenoxy) is 2. The van der Waals surface area contributed by atoms with Gasteiger partial charge in [0.15, 0.2) is 0 Å². The van der Waals surface area contributed by atoms with Gasteiger partial charge < -0.3 is 19.7 Å². The standard InChI is InChI=1S/C19H14ClF3O5/c20-14-8-11-7-13(18(25)26)17(19(21,22)23)28-15(11)9-16(14)27-12-3-1-10(2-4-12)5-6-24/h1-4,7-9,17,24H,5-6H2,(H,25,26). The average Bonchev–Trinajstić information content (AvgIpc) is 2.62. The van der Waals surface area contributed by atoms with Gasteiger partial charge in [0.05, 0.1) is 10.6 Å². The van der Waals surface area contributed by atoms with Crippen LogP contribution in [0.15, 0.2) is 42.0 Å². The van der Waals surface area contributed by atoms with E-state index in [4.69, 9.17) is 31.3 Å². The van der Waals surface area contributed by atoms with Crippen molar-refractivity contribution >= 4 is 23.6 Å². The van der Waals surface area contributed by atoms with Gasteiger partial charge in [-0.3, -0.25) is 0 Å². The highest BCUT2D eigenvalue weighted by atomic mass is 35.5. The van der Waals surface area contributed by atoms with Gasteiger partial charge in [-0.05, 0) is 36.3 Å². The van der Waals surface area contributed by atoms with Gasteiger partial charge in [0, 0.05) is 18.2 Å². The summed E-state index contributed by atoms with van der Waals surface area (Å²) in [6.45, 7) is 0.000410. The number of hydrogen-bond donors (Lipinski definition) is 2. The third-order valence-corrected chi connectivity index (χ3v) is 4.29. The Morgan fingerprint density at radius 2 is 1.89 bits per heavy atom. The molecule has 0 saturated heterocycles. The molecule has 1 aliphatic heterocycles. The van der Waals surface area contributed by atoms with E-state index in [9.17, 15) is 18.0 Å². The fraction of sp³-hybridized carbons (Fsp3) is 0.211. The van der Waals surface area contributed by atoms with Crippen molar-refractivity contribution in [2.24, 2.45) is 0 Å². The predicted octanol–water partition coefficient (Wildman–Crippen LogP) is 4.46. The first-order valence-electron chi connectivity index (χ1n) is 8.08. The maximum Gasteiger partial charge on any atom is 0.430 e. The van der Waals surface area contributed by atoms with Crippen LogP contribution in [0.5, 0.6) is 17.2 Å². The Hall–Kier alpha value is -2.71. The molecule has 0 bridgehead atoms. The van der Waals surface area contributed by atoms with E-state index < -0.39 is 23.8 Å². The van der Waals surface area contributed by atoms with Crippen LogP contribution in [0.4, 0.5) is 13.2 Å². The zero-order valence-corrected chi connectivity index (χ0v) is 14.9. The Balaban J connectivity index is 1.93. The molecule has 0 spiro atoms. The number of halogens is 4. The maximum absolute atomic E-state index is 13.2. The van der Waals surface area contributed by atoms with Crippen LogP contribution in [-0.4, -0.2) is 35.1 Å². The number of hydrogen-bond acceptors (Lipinski definition) is 4. The number of aliphatic hydroxyl groups excluding tert-OH is 1. The van der Waals surface area contributed by atoms with Crippen molar-refractivity contribution in [3.8, 4) is 17.2 Å². The Kier molecular flexibility index (Phi) is 5.53. The summed E-state index contributed by atoms with van der Waals surface area (Å²) in [4.78, 5) is 11.2. The molecule has 0 radical (unpaired) electrons. The molecule has 5 nitrogen and oxygen atoms in total. The normalized spacial score (nSPS) is 16.0. The first-order valence-corrected chi connectivity index (χ1v) is 8.46. The highest BCUT2D eigenvalue weighted by Gasteiger charge is 2.48. The minimum absolute atomic E-state index is 0.000410. The molecule has 3 rings (SSSR count). The molecule has 1 unspecified atom stereocenters. The monoisotopic (exact) mass is 414 g/mol. The van der Waals surface area contributed by atoms with Gasteiger partial charge in [0.25, 0.3) is 0 Å². The van der Waals surface area contributed by atoms with Crippen molar-refractivity contribution < 1.29 is 37.7 Å². The van der Waals surface area contributed by atoms with Crippen molar-refractivity contribution in [1.29, 1.82) is 0 Å². The molecule has 28 heavy (non-hydrogen) atoms. The molecule has 0 amide bonds. The molecule has 1 atom stereocenters. The third kappa shape index (κ3) is 4.23. The van der Waals surface area contributed by atoms with E-state index >= 15 is 0 Å². The molecular formula is C19H14ClF3O5. The average molecular weight is 415 g/mol. The zero-order valence-electron chi connectivity index (χ0n) is 14.2. The second-order valence-electron chi connectivity index (χ2n) is 5.98. The van der Waals surface area contributed by atoms with Crippen LogP contribution >= 0.6 is 11.6 Å². The molecule has 2 N–H and O–H groups in total. The number of aliphatic carboxylic acids is 1. The molecule has 1 aliphatic rings. The van der Waals surface area contributed by atoms with Crippen LogP contribution in [0, 0.1) is 0 Å². The molecule has 0 fully saturated rings. The lowest BCUT2D eigenvalue weighted by Crippen LogP contribution is -2.40. The van der Waals surface area contributed by atoms with Gasteiger partial charge in [-0.15, -0.1) is 0 Å². The molecule has 0 aromatic heterocycles. The number of rotatable bonds is 5. The summed E-state index contributed by atoms with van der Waals surface area (Å²) >= 11 is 6.13. The number of fused-ring (bicyclic) bond motifs is 1. The first-order chi connectivity index (χ1) is 13.2. The van der Waals surface area contributed by atoms with Crippen LogP contribution < -0.4 is 9.47 Å². The maximum atomic E-state index is 13.2. The lowest BCUT2D eigenvalue weighted by Gasteiger charge is -2.27. The summed E-state index contributed by atoms with van der Waals surface area (Å²) in [5.74, 6) is -1.48. The Morgan fingerprint density at radius 1 is 1.21 bits per heavy atom. The third-order valence-electron chi connectivity index (χ3n) is 4.00. The van der Waals surface area contributed by atoms with Gasteiger partial charge in [0.2, 0.25) is 6.10 Å². The van der Waals surface area contributed by atoms with E-state index in [0.29, 0.717) is 12.2 Å². The summed E-state index contributed by atoms with van der Waals surface area (Å²) in [6.07, 6.45) is -6.13. The summed E-state index contributed by atoms with van der Waals surface area (Å²) in [5.41, 5.74) is 0.0619. The number of aliphatic hydroxyl groups is 1. The van der Waals surface area contributed by atoms with Gasteiger partial charge in [-0.2, -0.15) is 13.2 Å². The van der Waals surface area contributed by atoms with Crippen molar-refractivity contribution in [3.05, 3.63) is 58.1 Å². The van der Waals surface area contributed by atoms with Crippen LogP contribution in [0.2, 0.25) is 5.02 Å². The van der Waals surface area contributed by atoms with Gasteiger partial charge in [0.1, 0.15) is 17.2 Å². The Labute approximate surface area is 162 Å². The highest BCUT2D eigenvalue weighted by Crippen LogP contribution is 2.42. The first kappa shape index (κ1) is 20.0. The number of alkyl halides is 3.